The van der Waals surface area contributed by atoms with Gasteiger partial charge in [-0.25, -0.2) is 0 Å². The van der Waals surface area contributed by atoms with E-state index in [4.69, 9.17) is 14.2 Å². The molecule has 54 heavy (non-hydrogen) atoms. The number of ether oxygens (including phenoxy) is 3. The van der Waals surface area contributed by atoms with E-state index >= 15 is 0 Å². The molecule has 1 heterocycles. The molecule has 0 spiro atoms. The Morgan fingerprint density at radius 1 is 0.278 bits per heavy atom. The van der Waals surface area contributed by atoms with Crippen LogP contribution in [0.1, 0.15) is 213 Å². The van der Waals surface area contributed by atoms with Gasteiger partial charge in [-0.1, -0.05) is 175 Å². The highest BCUT2D eigenvalue weighted by Gasteiger charge is 2.11. The van der Waals surface area contributed by atoms with E-state index in [2.05, 4.69) is 35.7 Å². The van der Waals surface area contributed by atoms with Gasteiger partial charge in [0, 0.05) is 0 Å². The summed E-state index contributed by atoms with van der Waals surface area (Å²) in [5.74, 6) is 7.03. The minimum atomic E-state index is 0.318. The molecule has 318 valence electrons. The summed E-state index contributed by atoms with van der Waals surface area (Å²) < 4.78 is 18.0. The molecule has 0 N–H and O–H groups in total. The predicted molar refractivity (Wildman–Crippen MR) is 244 cm³/mol. The van der Waals surface area contributed by atoms with E-state index in [0.717, 1.165) is 36.5 Å². The number of rotatable bonds is 45. The highest BCUT2D eigenvalue weighted by atomic mass is 32.2. The van der Waals surface area contributed by atoms with Crippen molar-refractivity contribution in [3.8, 4) is 18.0 Å². The maximum atomic E-state index is 5.99. The van der Waals surface area contributed by atoms with Gasteiger partial charge < -0.3 is 14.2 Å². The Morgan fingerprint density at radius 3 is 0.722 bits per heavy atom. The van der Waals surface area contributed by atoms with Gasteiger partial charge in [0.25, 0.3) is 0 Å². The Morgan fingerprint density at radius 2 is 0.481 bits per heavy atom. The van der Waals surface area contributed by atoms with Gasteiger partial charge in [0.2, 0.25) is 0 Å². The first-order chi connectivity index (χ1) is 26.8. The molecule has 0 bridgehead atoms. The Balaban J connectivity index is 2.29. The quantitative estimate of drug-likeness (QED) is 0.0599. The smallest absolute Gasteiger partial charge is 0.325 e. The zero-order chi connectivity index (χ0) is 38.7. The van der Waals surface area contributed by atoms with Crippen molar-refractivity contribution in [3.63, 3.8) is 0 Å². The van der Waals surface area contributed by atoms with E-state index in [9.17, 15) is 0 Å². The summed E-state index contributed by atoms with van der Waals surface area (Å²) in [7, 11) is 0. The van der Waals surface area contributed by atoms with Crippen molar-refractivity contribution in [3.05, 3.63) is 0 Å². The van der Waals surface area contributed by atoms with Gasteiger partial charge in [-0.05, 0) is 73.0 Å². The van der Waals surface area contributed by atoms with Crippen molar-refractivity contribution in [2.45, 2.75) is 213 Å². The first-order valence-electron chi connectivity index (χ1n) is 23.2. The standard InChI is InChI=1S/C45H87N3O3S3/c1-4-7-10-13-16-19-22-25-28-37-52-40-31-34-49-43-46-44(50-35-32-41-53-38-29-26-23-20-17-14-11-8-5-2)48-45(47-43)51-36-33-42-54-39-30-27-24-21-18-15-12-9-6-3/h4-42H2,1-3H3. The molecule has 0 aliphatic rings. The molecule has 0 radical (unpaired) electrons. The molecule has 0 fully saturated rings. The summed E-state index contributed by atoms with van der Waals surface area (Å²) >= 11 is 6.11. The summed E-state index contributed by atoms with van der Waals surface area (Å²) in [6, 6.07) is 0.954. The van der Waals surface area contributed by atoms with Gasteiger partial charge >= 0.3 is 18.0 Å². The molecule has 0 saturated heterocycles. The number of aromatic nitrogens is 3. The van der Waals surface area contributed by atoms with Crippen molar-refractivity contribution in [1.82, 2.24) is 15.0 Å². The molecular weight excluding hydrogens is 727 g/mol. The lowest BCUT2D eigenvalue weighted by Gasteiger charge is -2.10. The Kier molecular flexibility index (Phi) is 41.5. The molecule has 0 amide bonds. The third kappa shape index (κ3) is 37.1. The molecule has 6 nitrogen and oxygen atoms in total. The molecule has 0 atom stereocenters. The zero-order valence-electron chi connectivity index (χ0n) is 35.9. The SMILES string of the molecule is CCCCCCCCCCCSCCCOc1nc(OCCCSCCCCCCCCCCC)nc(OCCCSCCCCCCCCCCC)n1. The fraction of sp³-hybridized carbons (Fsp3) is 0.933. The van der Waals surface area contributed by atoms with Gasteiger partial charge in [0.1, 0.15) is 0 Å². The van der Waals surface area contributed by atoms with Crippen LogP contribution in [0.4, 0.5) is 0 Å². The Bertz CT molecular complexity index is 764. The highest BCUT2D eigenvalue weighted by Crippen LogP contribution is 2.19. The number of thioether (sulfide) groups is 3. The van der Waals surface area contributed by atoms with Crippen molar-refractivity contribution < 1.29 is 14.2 Å². The third-order valence-electron chi connectivity index (χ3n) is 9.74. The van der Waals surface area contributed by atoms with E-state index in [1.165, 1.54) is 191 Å². The fourth-order valence-corrected chi connectivity index (χ4v) is 9.14. The number of hydrogen-bond acceptors (Lipinski definition) is 9. The van der Waals surface area contributed by atoms with Crippen LogP contribution in [0.25, 0.3) is 0 Å². The molecule has 0 aliphatic carbocycles. The van der Waals surface area contributed by atoms with Gasteiger partial charge in [-0.2, -0.15) is 35.3 Å². The fourth-order valence-electron chi connectivity index (χ4n) is 6.34. The zero-order valence-corrected chi connectivity index (χ0v) is 38.3. The topological polar surface area (TPSA) is 66.4 Å². The summed E-state index contributed by atoms with van der Waals surface area (Å²) in [4.78, 5) is 13.5. The van der Waals surface area contributed by atoms with Gasteiger partial charge in [0.15, 0.2) is 0 Å². The van der Waals surface area contributed by atoms with Crippen LogP contribution in [0.5, 0.6) is 18.0 Å². The van der Waals surface area contributed by atoms with E-state index in [1.54, 1.807) is 0 Å². The van der Waals surface area contributed by atoms with Crippen molar-refractivity contribution in [1.29, 1.82) is 0 Å². The second kappa shape index (κ2) is 43.6. The molecule has 1 aromatic rings. The van der Waals surface area contributed by atoms with Crippen LogP contribution in [0.2, 0.25) is 0 Å². The second-order valence-electron chi connectivity index (χ2n) is 15.1. The van der Waals surface area contributed by atoms with Crippen LogP contribution in [0, 0.1) is 0 Å². The number of nitrogens with zero attached hydrogens (tertiary/aromatic N) is 3. The second-order valence-corrected chi connectivity index (χ2v) is 18.8. The van der Waals surface area contributed by atoms with Crippen LogP contribution < -0.4 is 14.2 Å². The van der Waals surface area contributed by atoms with E-state index < -0.39 is 0 Å². The van der Waals surface area contributed by atoms with Crippen molar-refractivity contribution in [2.75, 3.05) is 54.3 Å². The van der Waals surface area contributed by atoms with E-state index in [1.807, 2.05) is 35.3 Å². The van der Waals surface area contributed by atoms with Crippen molar-refractivity contribution in [2.24, 2.45) is 0 Å². The van der Waals surface area contributed by atoms with Crippen molar-refractivity contribution >= 4 is 35.3 Å². The first-order valence-corrected chi connectivity index (χ1v) is 26.6. The first kappa shape index (κ1) is 51.5. The number of unbranched alkanes of at least 4 members (excludes halogenated alkanes) is 24. The van der Waals surface area contributed by atoms with Crippen LogP contribution in [-0.4, -0.2) is 69.3 Å². The third-order valence-corrected chi connectivity index (χ3v) is 13.2. The lowest BCUT2D eigenvalue weighted by molar-refractivity contribution is 0.236. The maximum Gasteiger partial charge on any atom is 0.325 e. The Labute approximate surface area is 348 Å². The summed E-state index contributed by atoms with van der Waals surface area (Å²) in [5.41, 5.74) is 0. The van der Waals surface area contributed by atoms with Crippen LogP contribution in [-0.2, 0) is 0 Å². The maximum absolute atomic E-state index is 5.99. The van der Waals surface area contributed by atoms with E-state index in [0.29, 0.717) is 37.9 Å². The van der Waals surface area contributed by atoms with Crippen LogP contribution in [0.3, 0.4) is 0 Å². The Hall–Kier alpha value is -0.540. The molecule has 0 unspecified atom stereocenters. The molecule has 1 aromatic heterocycles. The van der Waals surface area contributed by atoms with E-state index in [-0.39, 0.29) is 0 Å². The predicted octanol–water partition coefficient (Wildman–Crippen LogP) is 15.0. The van der Waals surface area contributed by atoms with Gasteiger partial charge in [0.05, 0.1) is 19.8 Å². The van der Waals surface area contributed by atoms with Crippen LogP contribution >= 0.6 is 35.3 Å². The molecule has 0 saturated carbocycles. The van der Waals surface area contributed by atoms with Gasteiger partial charge in [-0.15, -0.1) is 15.0 Å². The van der Waals surface area contributed by atoms with Gasteiger partial charge in [-0.3, -0.25) is 0 Å². The summed E-state index contributed by atoms with van der Waals surface area (Å²) in [6.07, 6.45) is 40.3. The molecule has 9 heteroatoms. The molecule has 1 rings (SSSR count). The molecule has 0 aromatic carbocycles. The lowest BCUT2D eigenvalue weighted by atomic mass is 10.1. The molecule has 0 aliphatic heterocycles. The largest absolute Gasteiger partial charge is 0.463 e. The normalized spacial score (nSPS) is 11.4. The number of hydrogen-bond donors (Lipinski definition) is 0. The average Bonchev–Trinajstić information content (AvgIpc) is 3.18. The highest BCUT2D eigenvalue weighted by molar-refractivity contribution is 7.99. The average molecular weight is 814 g/mol. The minimum Gasteiger partial charge on any atom is -0.463 e. The lowest BCUT2D eigenvalue weighted by Crippen LogP contribution is -2.10. The van der Waals surface area contributed by atoms with Crippen LogP contribution in [0.15, 0.2) is 0 Å². The summed E-state index contributed by atoms with van der Waals surface area (Å²) in [6.45, 7) is 8.65. The summed E-state index contributed by atoms with van der Waals surface area (Å²) in [5, 5.41) is 0. The minimum absolute atomic E-state index is 0.318. The molecular formula is C45H87N3O3S3. The monoisotopic (exact) mass is 814 g/mol.